The van der Waals surface area contributed by atoms with Gasteiger partial charge in [-0.25, -0.2) is 0 Å². The normalized spacial score (nSPS) is 13.6. The van der Waals surface area contributed by atoms with Gasteiger partial charge in [0.2, 0.25) is 0 Å². The van der Waals surface area contributed by atoms with Crippen LogP contribution in [0.3, 0.4) is 0 Å². The Bertz CT molecular complexity index is 373. The second kappa shape index (κ2) is 4.79. The Morgan fingerprint density at radius 2 is 1.88 bits per heavy atom. The van der Waals surface area contributed by atoms with Gasteiger partial charge in [0.1, 0.15) is 0 Å². The number of benzene rings is 1. The fraction of sp³-hybridized carbons (Fsp3) is 0.500. The molecule has 0 amide bonds. The van der Waals surface area contributed by atoms with E-state index in [2.05, 4.69) is 0 Å². The molecule has 0 radical (unpaired) electrons. The summed E-state index contributed by atoms with van der Waals surface area (Å²) in [6.45, 7) is 7.47. The summed E-state index contributed by atoms with van der Waals surface area (Å²) in [6, 6.07) is 7.51. The molecule has 0 saturated heterocycles. The van der Waals surface area contributed by atoms with Gasteiger partial charge >= 0.3 is 0 Å². The molecule has 16 heavy (non-hydrogen) atoms. The van der Waals surface area contributed by atoms with E-state index in [4.69, 9.17) is 0 Å². The van der Waals surface area contributed by atoms with Crippen molar-refractivity contribution < 1.29 is 9.90 Å². The molecule has 1 rings (SSSR count). The molecule has 0 fully saturated rings. The van der Waals surface area contributed by atoms with E-state index >= 15 is 0 Å². The number of ketones is 1. The van der Waals surface area contributed by atoms with Crippen LogP contribution in [0, 0.1) is 5.41 Å². The minimum Gasteiger partial charge on any atom is -0.393 e. The first kappa shape index (κ1) is 12.9. The highest BCUT2D eigenvalue weighted by atomic mass is 16.3. The van der Waals surface area contributed by atoms with Crippen molar-refractivity contribution in [2.75, 3.05) is 0 Å². The third-order valence-electron chi connectivity index (χ3n) is 2.46. The van der Waals surface area contributed by atoms with Gasteiger partial charge in [0.15, 0.2) is 5.78 Å². The van der Waals surface area contributed by atoms with Crippen molar-refractivity contribution in [2.24, 2.45) is 5.41 Å². The molecular weight excluding hydrogens is 200 g/mol. The van der Waals surface area contributed by atoms with Crippen LogP contribution in [-0.2, 0) is 6.42 Å². The van der Waals surface area contributed by atoms with Gasteiger partial charge in [-0.1, -0.05) is 45.0 Å². The van der Waals surface area contributed by atoms with Crippen molar-refractivity contribution in [3.8, 4) is 0 Å². The minimum absolute atomic E-state index is 0.128. The van der Waals surface area contributed by atoms with Crippen LogP contribution in [0.2, 0.25) is 0 Å². The first-order valence-electron chi connectivity index (χ1n) is 5.63. The van der Waals surface area contributed by atoms with E-state index in [1.807, 2.05) is 45.0 Å². The van der Waals surface area contributed by atoms with E-state index in [-0.39, 0.29) is 11.2 Å². The highest BCUT2D eigenvalue weighted by molar-refractivity contribution is 6.01. The van der Waals surface area contributed by atoms with Crippen molar-refractivity contribution in [2.45, 2.75) is 40.2 Å². The van der Waals surface area contributed by atoms with Crippen molar-refractivity contribution >= 4 is 5.78 Å². The third-order valence-corrected chi connectivity index (χ3v) is 2.46. The van der Waals surface area contributed by atoms with Crippen LogP contribution in [0.1, 0.15) is 43.6 Å². The predicted octanol–water partition coefficient (Wildman–Crippen LogP) is 2.84. The zero-order chi connectivity index (χ0) is 12.3. The monoisotopic (exact) mass is 220 g/mol. The molecule has 2 nitrogen and oxygen atoms in total. The van der Waals surface area contributed by atoms with E-state index in [0.29, 0.717) is 6.42 Å². The Kier molecular flexibility index (Phi) is 3.87. The lowest BCUT2D eigenvalue weighted by Crippen LogP contribution is -2.22. The number of Topliss-reactive ketones (excluding diaryl/α,β-unsaturated/α-hetero) is 1. The van der Waals surface area contributed by atoms with Crippen LogP contribution in [0.5, 0.6) is 0 Å². The second-order valence-corrected chi connectivity index (χ2v) is 5.29. The topological polar surface area (TPSA) is 37.3 Å². The molecular formula is C14H20O2. The molecule has 1 N–H and O–H groups in total. The summed E-state index contributed by atoms with van der Waals surface area (Å²) in [4.78, 5) is 12.2. The maximum Gasteiger partial charge on any atom is 0.168 e. The van der Waals surface area contributed by atoms with Gasteiger partial charge in [0, 0.05) is 11.0 Å². The van der Waals surface area contributed by atoms with Crippen LogP contribution in [0.15, 0.2) is 24.3 Å². The number of aliphatic hydroxyl groups excluding tert-OH is 1. The molecule has 0 aliphatic carbocycles. The molecule has 2 heteroatoms. The molecule has 0 spiro atoms. The zero-order valence-electron chi connectivity index (χ0n) is 10.4. The minimum atomic E-state index is -0.422. The van der Waals surface area contributed by atoms with Crippen LogP contribution in [0.4, 0.5) is 0 Å². The quantitative estimate of drug-likeness (QED) is 0.795. The standard InChI is InChI=1S/C14H20O2/c1-10(15)9-11-7-5-6-8-12(11)13(16)14(2,3)4/h5-8,10,15H,9H2,1-4H3. The number of rotatable bonds is 3. The molecule has 1 unspecified atom stereocenters. The highest BCUT2D eigenvalue weighted by Gasteiger charge is 2.24. The number of hydrogen-bond acceptors (Lipinski definition) is 2. The molecule has 0 heterocycles. The second-order valence-electron chi connectivity index (χ2n) is 5.29. The summed E-state index contributed by atoms with van der Waals surface area (Å²) >= 11 is 0. The maximum absolute atomic E-state index is 12.2. The molecule has 0 aliphatic rings. The van der Waals surface area contributed by atoms with Gasteiger partial charge in [-0.2, -0.15) is 0 Å². The lowest BCUT2D eigenvalue weighted by molar-refractivity contribution is 0.0856. The van der Waals surface area contributed by atoms with Crippen molar-refractivity contribution in [1.29, 1.82) is 0 Å². The van der Waals surface area contributed by atoms with E-state index in [1.54, 1.807) is 6.92 Å². The lowest BCUT2D eigenvalue weighted by Gasteiger charge is -2.19. The summed E-state index contributed by atoms with van der Waals surface area (Å²) in [5, 5.41) is 9.40. The van der Waals surface area contributed by atoms with Crippen LogP contribution in [-0.4, -0.2) is 17.0 Å². The summed E-state index contributed by atoms with van der Waals surface area (Å²) in [5.74, 6) is 0.128. The fourth-order valence-electron chi connectivity index (χ4n) is 1.64. The fourth-order valence-corrected chi connectivity index (χ4v) is 1.64. The zero-order valence-corrected chi connectivity index (χ0v) is 10.4. The Balaban J connectivity index is 3.09. The smallest absolute Gasteiger partial charge is 0.168 e. The molecule has 1 atom stereocenters. The molecule has 1 aromatic rings. The Morgan fingerprint density at radius 3 is 2.38 bits per heavy atom. The van der Waals surface area contributed by atoms with Crippen LogP contribution >= 0.6 is 0 Å². The third kappa shape index (κ3) is 3.17. The molecule has 88 valence electrons. The predicted molar refractivity (Wildman–Crippen MR) is 65.6 cm³/mol. The van der Waals surface area contributed by atoms with Gasteiger partial charge in [-0.05, 0) is 18.9 Å². The first-order valence-corrected chi connectivity index (χ1v) is 5.63. The number of aliphatic hydroxyl groups is 1. The van der Waals surface area contributed by atoms with Crippen molar-refractivity contribution in [1.82, 2.24) is 0 Å². The Hall–Kier alpha value is -1.15. The van der Waals surface area contributed by atoms with Crippen molar-refractivity contribution in [3.63, 3.8) is 0 Å². The van der Waals surface area contributed by atoms with Gasteiger partial charge < -0.3 is 5.11 Å². The van der Waals surface area contributed by atoms with E-state index in [0.717, 1.165) is 11.1 Å². The SMILES string of the molecule is CC(O)Cc1ccccc1C(=O)C(C)(C)C. The van der Waals surface area contributed by atoms with Gasteiger partial charge in [0.25, 0.3) is 0 Å². The van der Waals surface area contributed by atoms with Gasteiger partial charge in [-0.15, -0.1) is 0 Å². The largest absolute Gasteiger partial charge is 0.393 e. The van der Waals surface area contributed by atoms with E-state index in [9.17, 15) is 9.90 Å². The molecule has 0 bridgehead atoms. The maximum atomic E-state index is 12.2. The highest BCUT2D eigenvalue weighted by Crippen LogP contribution is 2.23. The molecule has 1 aromatic carbocycles. The van der Waals surface area contributed by atoms with Gasteiger partial charge in [0.05, 0.1) is 6.10 Å². The number of hydrogen-bond donors (Lipinski definition) is 1. The number of carbonyl (C=O) groups excluding carboxylic acids is 1. The summed E-state index contributed by atoms with van der Waals surface area (Å²) in [6.07, 6.45) is 0.103. The Labute approximate surface area is 97.3 Å². The summed E-state index contributed by atoms with van der Waals surface area (Å²) in [7, 11) is 0. The summed E-state index contributed by atoms with van der Waals surface area (Å²) in [5.41, 5.74) is 1.28. The average molecular weight is 220 g/mol. The summed E-state index contributed by atoms with van der Waals surface area (Å²) < 4.78 is 0. The van der Waals surface area contributed by atoms with Crippen LogP contribution in [0.25, 0.3) is 0 Å². The lowest BCUT2D eigenvalue weighted by atomic mass is 9.84. The van der Waals surface area contributed by atoms with Gasteiger partial charge in [-0.3, -0.25) is 4.79 Å². The number of carbonyl (C=O) groups is 1. The molecule has 0 aromatic heterocycles. The van der Waals surface area contributed by atoms with E-state index < -0.39 is 6.10 Å². The molecule has 0 aliphatic heterocycles. The van der Waals surface area contributed by atoms with Crippen molar-refractivity contribution in [3.05, 3.63) is 35.4 Å². The van der Waals surface area contributed by atoms with E-state index in [1.165, 1.54) is 0 Å². The average Bonchev–Trinajstić information content (AvgIpc) is 2.15. The first-order chi connectivity index (χ1) is 7.32. The van der Waals surface area contributed by atoms with Crippen LogP contribution < -0.4 is 0 Å². The Morgan fingerprint density at radius 1 is 1.31 bits per heavy atom. The molecule has 0 saturated carbocycles.